The lowest BCUT2D eigenvalue weighted by Gasteiger charge is -2.32. The van der Waals surface area contributed by atoms with E-state index in [1.165, 1.54) is 19.8 Å². The molecule has 0 unspecified atom stereocenters. The molecule has 274 valence electrons. The molecule has 0 bridgehead atoms. The fraction of sp³-hybridized carbons (Fsp3) is 0.611. The van der Waals surface area contributed by atoms with E-state index >= 15 is 0 Å². The summed E-state index contributed by atoms with van der Waals surface area (Å²) in [4.78, 5) is 22.7. The molecule has 0 aromatic heterocycles. The van der Waals surface area contributed by atoms with Crippen LogP contribution in [0.25, 0.3) is 0 Å². The number of rotatable bonds is 4. The third kappa shape index (κ3) is 9.16. The van der Waals surface area contributed by atoms with E-state index in [9.17, 15) is 9.59 Å². The maximum atomic E-state index is 11.6. The predicted octanol–water partition coefficient (Wildman–Crippen LogP) is 6.72. The van der Waals surface area contributed by atoms with Gasteiger partial charge in [-0.2, -0.15) is 0 Å². The van der Waals surface area contributed by atoms with E-state index in [1.807, 2.05) is 115 Å². The molecule has 50 heavy (non-hydrogen) atoms. The number of hydrogen-bond donors (Lipinski definition) is 0. The summed E-state index contributed by atoms with van der Waals surface area (Å²) >= 11 is 2.19. The number of esters is 2. The van der Waals surface area contributed by atoms with Crippen molar-refractivity contribution in [2.75, 3.05) is 14.2 Å². The van der Waals surface area contributed by atoms with Crippen LogP contribution in [0.1, 0.15) is 115 Å². The van der Waals surface area contributed by atoms with Crippen molar-refractivity contribution < 1.29 is 47.0 Å². The standard InChI is InChI=1S/C15H21BO4.C12H24B2O4.C9H9IO2/c1-10-7-8-11(13(17)18-6)9-12(10)16-19-14(2,3)15(4,5)20-16;1-9(2)10(3,4)16-13(15-9)14-17-11(5,6)12(7,8)18-14;1-6-3-4-7(5-8(6)10)9(11)12-2/h7-9H,1-6H3;1-8H3;3-5H,1-2H3. The first kappa shape index (κ1) is 42.5. The van der Waals surface area contributed by atoms with E-state index in [0.29, 0.717) is 11.1 Å². The van der Waals surface area contributed by atoms with Gasteiger partial charge in [0.05, 0.1) is 59.0 Å². The summed E-state index contributed by atoms with van der Waals surface area (Å²) in [6.07, 6.45) is 0. The second-order valence-corrected chi connectivity index (χ2v) is 17.0. The average Bonchev–Trinajstić information content (AvgIpc) is 3.47. The molecule has 3 heterocycles. The summed E-state index contributed by atoms with van der Waals surface area (Å²) in [7, 11) is 1.34. The van der Waals surface area contributed by atoms with Crippen LogP contribution in [-0.4, -0.2) is 80.9 Å². The van der Waals surface area contributed by atoms with Crippen molar-refractivity contribution >= 4 is 61.1 Å². The number of halogens is 1. The summed E-state index contributed by atoms with van der Waals surface area (Å²) < 4.78 is 46.3. The quantitative estimate of drug-likeness (QED) is 0.188. The number of hydrogen-bond acceptors (Lipinski definition) is 10. The van der Waals surface area contributed by atoms with Gasteiger partial charge in [-0.05, 0) is 155 Å². The third-order valence-electron chi connectivity index (χ3n) is 10.6. The van der Waals surface area contributed by atoms with E-state index in [0.717, 1.165) is 14.6 Å². The Morgan fingerprint density at radius 2 is 0.860 bits per heavy atom. The minimum Gasteiger partial charge on any atom is -0.465 e. The molecule has 3 aliphatic rings. The van der Waals surface area contributed by atoms with Crippen LogP contribution >= 0.6 is 22.6 Å². The highest BCUT2D eigenvalue weighted by Crippen LogP contribution is 2.43. The molecule has 0 aliphatic carbocycles. The monoisotopic (exact) mass is 806 g/mol. The van der Waals surface area contributed by atoms with Crippen molar-refractivity contribution in [3.8, 4) is 0 Å². The topological polar surface area (TPSA) is 108 Å². The molecule has 3 saturated heterocycles. The lowest BCUT2D eigenvalue weighted by Crippen LogP contribution is -2.41. The third-order valence-corrected chi connectivity index (χ3v) is 11.7. The molecule has 0 atom stereocenters. The van der Waals surface area contributed by atoms with E-state index in [4.69, 9.17) is 32.7 Å². The van der Waals surface area contributed by atoms with Crippen molar-refractivity contribution in [2.24, 2.45) is 0 Å². The maximum Gasteiger partial charge on any atom is 0.495 e. The van der Waals surface area contributed by atoms with Gasteiger partial charge in [0, 0.05) is 3.57 Å². The summed E-state index contributed by atoms with van der Waals surface area (Å²) in [5, 5.41) is 0. The number of methoxy groups -OCH3 is 2. The molecule has 2 aromatic carbocycles. The first-order valence-electron chi connectivity index (χ1n) is 16.8. The highest BCUT2D eigenvalue weighted by atomic mass is 127. The molecule has 0 N–H and O–H groups in total. The number of ether oxygens (including phenoxy) is 2. The van der Waals surface area contributed by atoms with Crippen LogP contribution in [0.4, 0.5) is 0 Å². The fourth-order valence-electron chi connectivity index (χ4n) is 4.95. The smallest absolute Gasteiger partial charge is 0.465 e. The van der Waals surface area contributed by atoms with Gasteiger partial charge in [-0.15, -0.1) is 0 Å². The zero-order valence-corrected chi connectivity index (χ0v) is 34.8. The second-order valence-electron chi connectivity index (χ2n) is 15.9. The van der Waals surface area contributed by atoms with Gasteiger partial charge in [0.25, 0.3) is 0 Å². The van der Waals surface area contributed by atoms with Gasteiger partial charge in [0.2, 0.25) is 0 Å². The van der Waals surface area contributed by atoms with Gasteiger partial charge in [0.15, 0.2) is 0 Å². The van der Waals surface area contributed by atoms with Crippen LogP contribution in [0.3, 0.4) is 0 Å². The van der Waals surface area contributed by atoms with E-state index < -0.39 is 32.3 Å². The Bertz CT molecular complexity index is 1470. The van der Waals surface area contributed by atoms with Gasteiger partial charge < -0.3 is 37.4 Å². The van der Waals surface area contributed by atoms with Gasteiger partial charge in [-0.3, -0.25) is 0 Å². The zero-order chi connectivity index (χ0) is 38.3. The molecular formula is C36H54B3IO10. The minimum atomic E-state index is -0.476. The Balaban J connectivity index is 0.000000209. The van der Waals surface area contributed by atoms with E-state index in [1.54, 1.807) is 18.2 Å². The molecule has 10 nitrogen and oxygen atoms in total. The predicted molar refractivity (Wildman–Crippen MR) is 206 cm³/mol. The number of carbonyl (C=O) groups is 2. The Morgan fingerprint density at radius 3 is 1.20 bits per heavy atom. The Hall–Kier alpha value is -1.94. The molecule has 3 aliphatic heterocycles. The molecule has 14 heteroatoms. The van der Waals surface area contributed by atoms with Crippen LogP contribution in [0.15, 0.2) is 36.4 Å². The van der Waals surface area contributed by atoms with Crippen LogP contribution in [0.5, 0.6) is 0 Å². The molecular weight excluding hydrogens is 752 g/mol. The first-order valence-corrected chi connectivity index (χ1v) is 17.9. The molecule has 0 amide bonds. The average molecular weight is 806 g/mol. The lowest BCUT2D eigenvalue weighted by molar-refractivity contribution is 0.00578. The lowest BCUT2D eigenvalue weighted by atomic mass is 9.49. The van der Waals surface area contributed by atoms with E-state index in [2.05, 4.69) is 27.3 Å². The SMILES string of the molecule is CC1(C)OB(B2OC(C)(C)C(C)(C)O2)OC1(C)C.COC(=O)c1ccc(C)c(B2OC(C)(C)C(C)(C)O2)c1.COC(=O)c1ccc(C)c(I)c1. The van der Waals surface area contributed by atoms with Crippen LogP contribution in [-0.2, 0) is 37.4 Å². The van der Waals surface area contributed by atoms with Gasteiger partial charge >= 0.3 is 33.1 Å². The van der Waals surface area contributed by atoms with Crippen molar-refractivity contribution in [3.63, 3.8) is 0 Å². The number of benzene rings is 2. The Kier molecular flexibility index (Phi) is 12.9. The highest BCUT2D eigenvalue weighted by Gasteiger charge is 2.63. The molecule has 0 radical (unpaired) electrons. The molecule has 2 aromatic rings. The molecule has 5 rings (SSSR count). The molecule has 0 saturated carbocycles. The number of carbonyl (C=O) groups excluding carboxylic acids is 2. The van der Waals surface area contributed by atoms with Gasteiger partial charge in [0.1, 0.15) is 0 Å². The van der Waals surface area contributed by atoms with Crippen LogP contribution < -0.4 is 5.46 Å². The Morgan fingerprint density at radius 1 is 0.540 bits per heavy atom. The normalized spacial score (nSPS) is 21.8. The van der Waals surface area contributed by atoms with Crippen LogP contribution in [0, 0.1) is 17.4 Å². The first-order chi connectivity index (χ1) is 22.7. The largest absolute Gasteiger partial charge is 0.495 e. The van der Waals surface area contributed by atoms with Gasteiger partial charge in [-0.1, -0.05) is 17.7 Å². The van der Waals surface area contributed by atoms with E-state index in [-0.39, 0.29) is 34.3 Å². The summed E-state index contributed by atoms with van der Waals surface area (Å²) in [6.45, 7) is 28.2. The second kappa shape index (κ2) is 15.2. The summed E-state index contributed by atoms with van der Waals surface area (Å²) in [5.74, 6) is -0.643. The molecule has 0 spiro atoms. The molecule has 3 fully saturated rings. The summed E-state index contributed by atoms with van der Waals surface area (Å²) in [5.41, 5.74) is 1.93. The maximum absolute atomic E-state index is 11.6. The van der Waals surface area contributed by atoms with Crippen molar-refractivity contribution in [3.05, 3.63) is 62.2 Å². The van der Waals surface area contributed by atoms with Gasteiger partial charge in [-0.25, -0.2) is 9.59 Å². The van der Waals surface area contributed by atoms with Crippen molar-refractivity contribution in [1.82, 2.24) is 0 Å². The van der Waals surface area contributed by atoms with Crippen molar-refractivity contribution in [1.29, 1.82) is 0 Å². The van der Waals surface area contributed by atoms with Crippen LogP contribution in [0.2, 0.25) is 0 Å². The Labute approximate surface area is 313 Å². The number of aryl methyl sites for hydroxylation is 2. The zero-order valence-electron chi connectivity index (χ0n) is 32.7. The summed E-state index contributed by atoms with van der Waals surface area (Å²) in [6, 6.07) is 10.9. The minimum absolute atomic E-state index is 0.284. The van der Waals surface area contributed by atoms with Crippen molar-refractivity contribution in [2.45, 2.75) is 131 Å². The highest BCUT2D eigenvalue weighted by molar-refractivity contribution is 14.1. The fourth-order valence-corrected chi connectivity index (χ4v) is 5.46.